The van der Waals surface area contributed by atoms with Crippen LogP contribution in [0.25, 0.3) is 0 Å². The van der Waals surface area contributed by atoms with Gasteiger partial charge in [0.15, 0.2) is 0 Å². The number of methoxy groups -OCH3 is 1. The van der Waals surface area contributed by atoms with Crippen molar-refractivity contribution in [3.05, 3.63) is 23.8 Å². The summed E-state index contributed by atoms with van der Waals surface area (Å²) in [5.74, 6) is -1.04. The monoisotopic (exact) mass is 265 g/mol. The fourth-order valence-electron chi connectivity index (χ4n) is 1.66. The molecule has 0 aliphatic rings. The van der Waals surface area contributed by atoms with Crippen molar-refractivity contribution in [2.24, 2.45) is 0 Å². The van der Waals surface area contributed by atoms with Crippen LogP contribution in [-0.2, 0) is 20.7 Å². The molecule has 0 saturated heterocycles. The van der Waals surface area contributed by atoms with E-state index in [0.717, 1.165) is 12.0 Å². The lowest BCUT2D eigenvalue weighted by atomic mass is 10.1. The normalized spacial score (nSPS) is 9.89. The quantitative estimate of drug-likeness (QED) is 0.615. The van der Waals surface area contributed by atoms with Gasteiger partial charge in [-0.15, -0.1) is 0 Å². The molecule has 1 aromatic rings. The second kappa shape index (κ2) is 6.78. The molecule has 5 heteroatoms. The molecular weight excluding hydrogens is 246 g/mol. The van der Waals surface area contributed by atoms with E-state index in [1.165, 1.54) is 19.1 Å². The first-order valence-corrected chi connectivity index (χ1v) is 6.16. The number of hydrogen-bond acceptors (Lipinski definition) is 4. The summed E-state index contributed by atoms with van der Waals surface area (Å²) in [6.45, 7) is 3.84. The molecule has 0 bridgehead atoms. The average Bonchev–Trinajstić information content (AvgIpc) is 2.45. The molecule has 104 valence electrons. The molecule has 0 spiro atoms. The van der Waals surface area contributed by atoms with Crippen molar-refractivity contribution in [1.29, 1.82) is 0 Å². The first kappa shape index (κ1) is 15.0. The van der Waals surface area contributed by atoms with Gasteiger partial charge in [0, 0.05) is 7.05 Å². The van der Waals surface area contributed by atoms with E-state index >= 15 is 0 Å². The maximum atomic E-state index is 11.9. The van der Waals surface area contributed by atoms with Crippen LogP contribution in [0, 0.1) is 0 Å². The Morgan fingerprint density at radius 1 is 1.26 bits per heavy atom. The SMILES string of the molecule is CCOC(=O)C(=O)N(C)c1cc(CC)ccc1OC. The second-order valence-electron chi connectivity index (χ2n) is 3.94. The van der Waals surface area contributed by atoms with Crippen LogP contribution >= 0.6 is 0 Å². The number of benzene rings is 1. The number of likely N-dealkylation sites (N-methyl/N-ethyl adjacent to an activating group) is 1. The Morgan fingerprint density at radius 3 is 2.47 bits per heavy atom. The molecule has 0 atom stereocenters. The van der Waals surface area contributed by atoms with Gasteiger partial charge >= 0.3 is 11.9 Å². The minimum Gasteiger partial charge on any atom is -0.495 e. The van der Waals surface area contributed by atoms with Crippen molar-refractivity contribution in [2.75, 3.05) is 25.7 Å². The van der Waals surface area contributed by atoms with Gasteiger partial charge in [-0.1, -0.05) is 13.0 Å². The van der Waals surface area contributed by atoms with Crippen molar-refractivity contribution in [3.63, 3.8) is 0 Å². The largest absolute Gasteiger partial charge is 0.495 e. The standard InChI is InChI=1S/C14H19NO4/c1-5-10-7-8-12(18-4)11(9-10)15(3)13(16)14(17)19-6-2/h7-9H,5-6H2,1-4H3. The molecule has 19 heavy (non-hydrogen) atoms. The average molecular weight is 265 g/mol. The van der Waals surface area contributed by atoms with E-state index in [9.17, 15) is 9.59 Å². The van der Waals surface area contributed by atoms with Gasteiger partial charge in [0.05, 0.1) is 19.4 Å². The van der Waals surface area contributed by atoms with E-state index in [0.29, 0.717) is 11.4 Å². The number of hydrogen-bond donors (Lipinski definition) is 0. The van der Waals surface area contributed by atoms with E-state index < -0.39 is 11.9 Å². The lowest BCUT2D eigenvalue weighted by Gasteiger charge is -2.19. The van der Waals surface area contributed by atoms with Crippen LogP contribution < -0.4 is 9.64 Å². The fourth-order valence-corrected chi connectivity index (χ4v) is 1.66. The van der Waals surface area contributed by atoms with Gasteiger partial charge in [0.25, 0.3) is 0 Å². The molecule has 0 fully saturated rings. The number of anilines is 1. The van der Waals surface area contributed by atoms with Gasteiger partial charge in [0.2, 0.25) is 0 Å². The fraction of sp³-hybridized carbons (Fsp3) is 0.429. The molecule has 0 saturated carbocycles. The molecule has 0 unspecified atom stereocenters. The third kappa shape index (κ3) is 3.47. The molecule has 1 amide bonds. The maximum Gasteiger partial charge on any atom is 0.397 e. The van der Waals surface area contributed by atoms with Crippen LogP contribution in [0.1, 0.15) is 19.4 Å². The summed E-state index contributed by atoms with van der Waals surface area (Å²) < 4.78 is 9.92. The van der Waals surface area contributed by atoms with Crippen molar-refractivity contribution < 1.29 is 19.1 Å². The smallest absolute Gasteiger partial charge is 0.397 e. The van der Waals surface area contributed by atoms with Gasteiger partial charge < -0.3 is 14.4 Å². The number of ether oxygens (including phenoxy) is 2. The van der Waals surface area contributed by atoms with E-state index in [1.807, 2.05) is 19.1 Å². The zero-order valence-corrected chi connectivity index (χ0v) is 11.7. The van der Waals surface area contributed by atoms with Crippen LogP contribution in [-0.4, -0.2) is 32.6 Å². The minimum absolute atomic E-state index is 0.171. The number of nitrogens with zero attached hydrogens (tertiary/aromatic N) is 1. The summed E-state index contributed by atoms with van der Waals surface area (Å²) in [7, 11) is 3.05. The lowest BCUT2D eigenvalue weighted by molar-refractivity contribution is -0.153. The van der Waals surface area contributed by atoms with Gasteiger partial charge in [-0.25, -0.2) is 4.79 Å². The Hall–Kier alpha value is -2.04. The van der Waals surface area contributed by atoms with E-state index in [1.54, 1.807) is 13.0 Å². The molecule has 0 heterocycles. The van der Waals surface area contributed by atoms with Gasteiger partial charge in [-0.3, -0.25) is 4.79 Å². The first-order valence-electron chi connectivity index (χ1n) is 6.16. The lowest BCUT2D eigenvalue weighted by Crippen LogP contribution is -2.34. The van der Waals surface area contributed by atoms with Crippen molar-refractivity contribution in [3.8, 4) is 5.75 Å². The van der Waals surface area contributed by atoms with Crippen LogP contribution in [0.3, 0.4) is 0 Å². The van der Waals surface area contributed by atoms with Gasteiger partial charge in [0.1, 0.15) is 5.75 Å². The predicted molar refractivity (Wildman–Crippen MR) is 72.4 cm³/mol. The summed E-state index contributed by atoms with van der Waals surface area (Å²) in [6.07, 6.45) is 0.832. The summed E-state index contributed by atoms with van der Waals surface area (Å²) in [6, 6.07) is 5.53. The molecule has 0 aliphatic carbocycles. The number of esters is 1. The molecular formula is C14H19NO4. The Kier molecular flexibility index (Phi) is 5.36. The number of rotatable bonds is 4. The summed E-state index contributed by atoms with van der Waals surface area (Å²) in [5.41, 5.74) is 1.61. The molecule has 0 radical (unpaired) electrons. The zero-order valence-electron chi connectivity index (χ0n) is 11.7. The van der Waals surface area contributed by atoms with Gasteiger partial charge in [-0.05, 0) is 31.0 Å². The van der Waals surface area contributed by atoms with Crippen LogP contribution in [0.4, 0.5) is 5.69 Å². The Bertz CT molecular complexity index is 471. The maximum absolute atomic E-state index is 11.9. The number of carbonyl (C=O) groups is 2. The molecule has 1 rings (SSSR count). The highest BCUT2D eigenvalue weighted by Crippen LogP contribution is 2.29. The third-order valence-electron chi connectivity index (χ3n) is 2.77. The summed E-state index contributed by atoms with van der Waals surface area (Å²) in [4.78, 5) is 24.6. The molecule has 0 N–H and O–H groups in total. The summed E-state index contributed by atoms with van der Waals surface area (Å²) in [5, 5.41) is 0. The summed E-state index contributed by atoms with van der Waals surface area (Å²) >= 11 is 0. The Morgan fingerprint density at radius 2 is 1.95 bits per heavy atom. The topological polar surface area (TPSA) is 55.8 Å². The number of carbonyl (C=O) groups excluding carboxylic acids is 2. The highest BCUT2D eigenvalue weighted by Gasteiger charge is 2.23. The second-order valence-corrected chi connectivity index (χ2v) is 3.94. The third-order valence-corrected chi connectivity index (χ3v) is 2.77. The number of aryl methyl sites for hydroxylation is 1. The molecule has 5 nitrogen and oxygen atoms in total. The highest BCUT2D eigenvalue weighted by molar-refractivity contribution is 6.38. The molecule has 1 aromatic carbocycles. The van der Waals surface area contributed by atoms with Crippen LogP contribution in [0.5, 0.6) is 5.75 Å². The van der Waals surface area contributed by atoms with E-state index in [2.05, 4.69) is 0 Å². The Labute approximate surface area is 113 Å². The highest BCUT2D eigenvalue weighted by atomic mass is 16.5. The molecule has 0 aromatic heterocycles. The first-order chi connectivity index (χ1) is 9.04. The van der Waals surface area contributed by atoms with Gasteiger partial charge in [-0.2, -0.15) is 0 Å². The van der Waals surface area contributed by atoms with Crippen LogP contribution in [0.2, 0.25) is 0 Å². The minimum atomic E-state index is -0.867. The van der Waals surface area contributed by atoms with Crippen molar-refractivity contribution in [2.45, 2.75) is 20.3 Å². The van der Waals surface area contributed by atoms with Crippen molar-refractivity contribution in [1.82, 2.24) is 0 Å². The van der Waals surface area contributed by atoms with Crippen molar-refractivity contribution >= 4 is 17.6 Å². The molecule has 0 aliphatic heterocycles. The van der Waals surface area contributed by atoms with E-state index in [-0.39, 0.29) is 6.61 Å². The predicted octanol–water partition coefficient (Wildman–Crippen LogP) is 1.78. The van der Waals surface area contributed by atoms with E-state index in [4.69, 9.17) is 9.47 Å². The number of amides is 1. The zero-order chi connectivity index (χ0) is 14.4. The Balaban J connectivity index is 3.06. The van der Waals surface area contributed by atoms with Crippen LogP contribution in [0.15, 0.2) is 18.2 Å².